The number of benzene rings is 1. The zero-order chi connectivity index (χ0) is 18.3. The first kappa shape index (κ1) is 16.6. The van der Waals surface area contributed by atoms with E-state index in [0.717, 1.165) is 30.7 Å². The van der Waals surface area contributed by atoms with Gasteiger partial charge < -0.3 is 4.74 Å². The zero-order valence-corrected chi connectivity index (χ0v) is 14.9. The molecule has 0 amide bonds. The summed E-state index contributed by atoms with van der Waals surface area (Å²) in [4.78, 5) is 11.6. The number of alkyl halides is 2. The summed E-state index contributed by atoms with van der Waals surface area (Å²) >= 11 is 0. The van der Waals surface area contributed by atoms with Gasteiger partial charge in [-0.25, -0.2) is 13.2 Å². The van der Waals surface area contributed by atoms with Crippen LogP contribution in [0.2, 0.25) is 0 Å². The Morgan fingerprint density at radius 3 is 2.38 bits per heavy atom. The molecule has 5 heteroatoms. The SMILES string of the molecule is CC(=O)c1cc(C2CC2(F)F)c(OCC23CC4CC(CC2C4)C3)cc1F. The minimum Gasteiger partial charge on any atom is -0.493 e. The van der Waals surface area contributed by atoms with Crippen LogP contribution in [0.1, 0.15) is 67.3 Å². The van der Waals surface area contributed by atoms with Crippen LogP contribution in [0, 0.1) is 29.0 Å². The largest absolute Gasteiger partial charge is 0.493 e. The molecule has 0 aliphatic heterocycles. The number of carbonyl (C=O) groups is 1. The molecule has 5 aliphatic rings. The minimum absolute atomic E-state index is 0.130. The van der Waals surface area contributed by atoms with E-state index in [-0.39, 0.29) is 28.7 Å². The topological polar surface area (TPSA) is 26.3 Å². The zero-order valence-electron chi connectivity index (χ0n) is 14.9. The van der Waals surface area contributed by atoms with Gasteiger partial charge in [-0.1, -0.05) is 0 Å². The molecule has 140 valence electrons. The molecule has 0 radical (unpaired) electrons. The third-order valence-corrected chi connectivity index (χ3v) is 7.35. The van der Waals surface area contributed by atoms with Gasteiger partial charge >= 0.3 is 0 Å². The molecule has 26 heavy (non-hydrogen) atoms. The third-order valence-electron chi connectivity index (χ3n) is 7.35. The Labute approximate surface area is 151 Å². The summed E-state index contributed by atoms with van der Waals surface area (Å²) in [7, 11) is 0. The lowest BCUT2D eigenvalue weighted by Gasteiger charge is -2.33. The molecule has 3 atom stereocenters. The summed E-state index contributed by atoms with van der Waals surface area (Å²) in [6, 6.07) is 2.44. The van der Waals surface area contributed by atoms with Crippen molar-refractivity contribution in [1.29, 1.82) is 0 Å². The summed E-state index contributed by atoms with van der Waals surface area (Å²) < 4.78 is 47.7. The van der Waals surface area contributed by atoms with Crippen LogP contribution < -0.4 is 4.74 Å². The number of Topliss-reactive ketones (excluding diaryl/α,β-unsaturated/α-hetero) is 1. The van der Waals surface area contributed by atoms with Crippen molar-refractivity contribution in [3.8, 4) is 5.75 Å². The number of hydrogen-bond acceptors (Lipinski definition) is 2. The van der Waals surface area contributed by atoms with E-state index in [1.807, 2.05) is 0 Å². The number of carbonyl (C=O) groups excluding carboxylic acids is 1. The highest BCUT2D eigenvalue weighted by Crippen LogP contribution is 2.65. The van der Waals surface area contributed by atoms with E-state index in [9.17, 15) is 18.0 Å². The van der Waals surface area contributed by atoms with Gasteiger partial charge in [0.2, 0.25) is 0 Å². The predicted molar refractivity (Wildman–Crippen MR) is 90.2 cm³/mol. The lowest BCUT2D eigenvalue weighted by atomic mass is 9.76. The fraction of sp³-hybridized carbons (Fsp3) is 0.667. The summed E-state index contributed by atoms with van der Waals surface area (Å²) in [5.41, 5.74) is 0.303. The van der Waals surface area contributed by atoms with Gasteiger partial charge in [0.15, 0.2) is 5.78 Å². The Hall–Kier alpha value is -1.52. The Morgan fingerprint density at radius 2 is 1.81 bits per heavy atom. The van der Waals surface area contributed by atoms with Crippen molar-refractivity contribution in [2.75, 3.05) is 6.61 Å². The molecule has 5 aliphatic carbocycles. The summed E-state index contributed by atoms with van der Waals surface area (Å²) in [6.07, 6.45) is 5.87. The first-order valence-corrected chi connectivity index (χ1v) is 9.62. The first-order chi connectivity index (χ1) is 12.3. The maximum absolute atomic E-state index is 14.3. The van der Waals surface area contributed by atoms with Crippen LogP contribution in [-0.2, 0) is 0 Å². The minimum atomic E-state index is -2.78. The highest BCUT2D eigenvalue weighted by molar-refractivity contribution is 5.94. The Balaban J connectivity index is 1.43. The number of rotatable bonds is 5. The molecular weight excluding hydrogens is 341 g/mol. The van der Waals surface area contributed by atoms with E-state index < -0.39 is 23.4 Å². The smallest absolute Gasteiger partial charge is 0.256 e. The van der Waals surface area contributed by atoms with Crippen molar-refractivity contribution >= 4 is 5.78 Å². The normalized spacial score (nSPS) is 38.6. The Bertz CT molecular complexity index is 774. The molecule has 2 nitrogen and oxygen atoms in total. The number of ether oxygens (including phenoxy) is 1. The van der Waals surface area contributed by atoms with E-state index in [1.54, 1.807) is 0 Å². The molecule has 1 aromatic carbocycles. The highest BCUT2D eigenvalue weighted by atomic mass is 19.3. The van der Waals surface area contributed by atoms with Gasteiger partial charge in [0.25, 0.3) is 5.92 Å². The third kappa shape index (κ3) is 2.42. The van der Waals surface area contributed by atoms with Gasteiger partial charge in [-0.3, -0.25) is 4.79 Å². The van der Waals surface area contributed by atoms with Crippen LogP contribution in [0.3, 0.4) is 0 Å². The highest BCUT2D eigenvalue weighted by Gasteiger charge is 2.60. The van der Waals surface area contributed by atoms with Gasteiger partial charge in [0.05, 0.1) is 18.1 Å². The van der Waals surface area contributed by atoms with Gasteiger partial charge in [-0.15, -0.1) is 0 Å². The van der Waals surface area contributed by atoms with E-state index >= 15 is 0 Å². The van der Waals surface area contributed by atoms with Crippen LogP contribution in [-0.4, -0.2) is 18.3 Å². The maximum atomic E-state index is 14.3. The molecule has 6 rings (SSSR count). The summed E-state index contributed by atoms with van der Waals surface area (Å²) in [6.45, 7) is 1.73. The van der Waals surface area contributed by atoms with E-state index in [0.29, 0.717) is 12.5 Å². The van der Waals surface area contributed by atoms with Crippen LogP contribution in [0.5, 0.6) is 5.75 Å². The van der Waals surface area contributed by atoms with Crippen LogP contribution in [0.15, 0.2) is 12.1 Å². The molecule has 5 fully saturated rings. The Morgan fingerprint density at radius 1 is 1.15 bits per heavy atom. The second-order valence-corrected chi connectivity index (χ2v) is 9.14. The molecule has 0 spiro atoms. The van der Waals surface area contributed by atoms with Crippen molar-refractivity contribution in [2.24, 2.45) is 23.2 Å². The first-order valence-electron chi connectivity index (χ1n) is 9.62. The Kier molecular flexibility index (Phi) is 3.37. The second kappa shape index (κ2) is 5.26. The van der Waals surface area contributed by atoms with Crippen LogP contribution >= 0.6 is 0 Å². The predicted octanol–water partition coefficient (Wildman–Crippen LogP) is 5.36. The molecule has 5 saturated carbocycles. The summed E-state index contributed by atoms with van der Waals surface area (Å²) in [5.74, 6) is -2.47. The maximum Gasteiger partial charge on any atom is 0.256 e. The van der Waals surface area contributed by atoms with E-state index in [1.165, 1.54) is 32.3 Å². The fourth-order valence-electron chi connectivity index (χ4n) is 6.21. The molecule has 4 bridgehead atoms. The average molecular weight is 364 g/mol. The van der Waals surface area contributed by atoms with Crippen LogP contribution in [0.25, 0.3) is 0 Å². The van der Waals surface area contributed by atoms with Crippen molar-refractivity contribution in [3.63, 3.8) is 0 Å². The van der Waals surface area contributed by atoms with Crippen LogP contribution in [0.4, 0.5) is 13.2 Å². The van der Waals surface area contributed by atoms with Gasteiger partial charge in [0.1, 0.15) is 11.6 Å². The molecule has 0 heterocycles. The van der Waals surface area contributed by atoms with Gasteiger partial charge in [-0.05, 0) is 62.8 Å². The molecular formula is C21H23F3O2. The summed E-state index contributed by atoms with van der Waals surface area (Å²) in [5, 5.41) is 0. The lowest BCUT2D eigenvalue weighted by Crippen LogP contribution is -2.30. The number of ketones is 1. The molecule has 3 unspecified atom stereocenters. The standard InChI is InChI=1S/C21H23F3O2/c1-11(25)15-5-16(17-9-21(17,23)24)19(6-18(15)22)26-10-20-7-12-2-13(8-20)4-14(20)3-12/h5-6,12-14,17H,2-4,7-10H2,1H3. The molecule has 0 saturated heterocycles. The molecule has 1 aromatic rings. The molecule has 0 N–H and O–H groups in total. The van der Waals surface area contributed by atoms with Gasteiger partial charge in [-0.2, -0.15) is 0 Å². The quantitative estimate of drug-likeness (QED) is 0.658. The van der Waals surface area contributed by atoms with Crippen molar-refractivity contribution in [2.45, 2.75) is 57.3 Å². The van der Waals surface area contributed by atoms with E-state index in [2.05, 4.69) is 0 Å². The van der Waals surface area contributed by atoms with Crippen molar-refractivity contribution in [1.82, 2.24) is 0 Å². The monoisotopic (exact) mass is 364 g/mol. The molecule has 0 aromatic heterocycles. The van der Waals surface area contributed by atoms with E-state index in [4.69, 9.17) is 4.74 Å². The average Bonchev–Trinajstić information content (AvgIpc) is 3.02. The second-order valence-electron chi connectivity index (χ2n) is 9.14. The lowest BCUT2D eigenvalue weighted by molar-refractivity contribution is 0.0985. The fourth-order valence-corrected chi connectivity index (χ4v) is 6.21. The number of hydrogen-bond donors (Lipinski definition) is 0. The van der Waals surface area contributed by atoms with Gasteiger partial charge in [0, 0.05) is 23.5 Å². The van der Waals surface area contributed by atoms with Crippen molar-refractivity contribution < 1.29 is 22.7 Å². The van der Waals surface area contributed by atoms with Crippen molar-refractivity contribution in [3.05, 3.63) is 29.1 Å². The number of halogens is 3.